The number of nitrogens with one attached hydrogen (secondary N) is 2. The summed E-state index contributed by atoms with van der Waals surface area (Å²) in [6.45, 7) is 13.7. The van der Waals surface area contributed by atoms with Gasteiger partial charge in [0.15, 0.2) is 0 Å². The molecule has 3 rings (SSSR count). The van der Waals surface area contributed by atoms with Gasteiger partial charge in [-0.25, -0.2) is 4.79 Å². The summed E-state index contributed by atoms with van der Waals surface area (Å²) in [5.41, 5.74) is -0.108. The first-order valence-electron chi connectivity index (χ1n) is 10.2. The van der Waals surface area contributed by atoms with Crippen LogP contribution in [0, 0.1) is 6.92 Å². The lowest BCUT2D eigenvalue weighted by molar-refractivity contribution is -0.00881. The molecule has 2 fully saturated rings. The van der Waals surface area contributed by atoms with Crippen LogP contribution in [0.25, 0.3) is 0 Å². The van der Waals surface area contributed by atoms with Crippen LogP contribution in [0.2, 0.25) is 0 Å². The third-order valence-electron chi connectivity index (χ3n) is 5.58. The van der Waals surface area contributed by atoms with Gasteiger partial charge in [0.1, 0.15) is 11.5 Å². The van der Waals surface area contributed by atoms with E-state index in [4.69, 9.17) is 13.9 Å². The maximum Gasteiger partial charge on any atom is 0.314 e. The lowest BCUT2D eigenvalue weighted by atomic mass is 10.0. The van der Waals surface area contributed by atoms with Gasteiger partial charge in [0, 0.05) is 44.8 Å². The average Bonchev–Trinajstić information content (AvgIpc) is 3.14. The third-order valence-corrected chi connectivity index (χ3v) is 5.58. The van der Waals surface area contributed by atoms with Gasteiger partial charge in [0.2, 0.25) is 0 Å². The summed E-state index contributed by atoms with van der Waals surface area (Å²) in [6.07, 6.45) is 0. The fourth-order valence-corrected chi connectivity index (χ4v) is 3.76. The summed E-state index contributed by atoms with van der Waals surface area (Å²) in [4.78, 5) is 17.1. The quantitative estimate of drug-likeness (QED) is 0.727. The van der Waals surface area contributed by atoms with Gasteiger partial charge in [0.25, 0.3) is 0 Å². The van der Waals surface area contributed by atoms with Crippen molar-refractivity contribution in [2.45, 2.75) is 32.4 Å². The summed E-state index contributed by atoms with van der Waals surface area (Å²) >= 11 is 0. The van der Waals surface area contributed by atoms with Gasteiger partial charge in [-0.3, -0.25) is 9.80 Å². The number of furan rings is 1. The SMILES string of the molecule is Cc1ccc(C(CNC(=O)NCC(C)(C)N2CCOCC2)N2CCOCC2)o1. The minimum atomic E-state index is -0.150. The molecule has 0 radical (unpaired) electrons. The van der Waals surface area contributed by atoms with Crippen molar-refractivity contribution in [1.82, 2.24) is 20.4 Å². The molecule has 8 nitrogen and oxygen atoms in total. The zero-order valence-corrected chi connectivity index (χ0v) is 17.3. The highest BCUT2D eigenvalue weighted by atomic mass is 16.5. The fourth-order valence-electron chi connectivity index (χ4n) is 3.76. The van der Waals surface area contributed by atoms with Gasteiger partial charge >= 0.3 is 6.03 Å². The number of carbonyl (C=O) groups excluding carboxylic acids is 1. The number of ether oxygens (including phenoxy) is 2. The molecule has 2 aliphatic rings. The Hall–Kier alpha value is -1.61. The molecule has 2 amide bonds. The van der Waals surface area contributed by atoms with Crippen molar-refractivity contribution in [2.75, 3.05) is 65.7 Å². The molecule has 3 heterocycles. The highest BCUT2D eigenvalue weighted by Gasteiger charge is 2.29. The van der Waals surface area contributed by atoms with Crippen LogP contribution < -0.4 is 10.6 Å². The number of amides is 2. The Morgan fingerprint density at radius 2 is 1.71 bits per heavy atom. The highest BCUT2D eigenvalue weighted by Crippen LogP contribution is 2.23. The second kappa shape index (κ2) is 9.73. The zero-order valence-electron chi connectivity index (χ0n) is 17.3. The molecule has 2 saturated heterocycles. The third kappa shape index (κ3) is 5.70. The predicted octanol–water partition coefficient (Wildman–Crippen LogP) is 1.37. The average molecular weight is 395 g/mol. The van der Waals surface area contributed by atoms with Gasteiger partial charge in [-0.15, -0.1) is 0 Å². The summed E-state index contributed by atoms with van der Waals surface area (Å²) in [7, 11) is 0. The van der Waals surface area contributed by atoms with E-state index in [2.05, 4.69) is 34.3 Å². The van der Waals surface area contributed by atoms with E-state index in [1.807, 2.05) is 19.1 Å². The largest absolute Gasteiger partial charge is 0.465 e. The Labute approximate surface area is 167 Å². The Balaban J connectivity index is 1.51. The lowest BCUT2D eigenvalue weighted by Gasteiger charge is -2.40. The van der Waals surface area contributed by atoms with Crippen LogP contribution in [-0.4, -0.2) is 87.1 Å². The molecule has 0 aromatic carbocycles. The van der Waals surface area contributed by atoms with Gasteiger partial charge in [-0.2, -0.15) is 0 Å². The molecule has 2 N–H and O–H groups in total. The Morgan fingerprint density at radius 3 is 2.32 bits per heavy atom. The van der Waals surface area contributed by atoms with E-state index in [0.717, 1.165) is 50.9 Å². The number of rotatable bonds is 7. The number of aryl methyl sites for hydroxylation is 1. The van der Waals surface area contributed by atoms with Crippen LogP contribution >= 0.6 is 0 Å². The van der Waals surface area contributed by atoms with E-state index in [-0.39, 0.29) is 17.6 Å². The molecule has 1 aromatic rings. The van der Waals surface area contributed by atoms with Crippen LogP contribution in [-0.2, 0) is 9.47 Å². The molecule has 0 bridgehead atoms. The van der Waals surface area contributed by atoms with Crippen LogP contribution in [0.15, 0.2) is 16.5 Å². The summed E-state index contributed by atoms with van der Waals surface area (Å²) in [5.74, 6) is 1.76. The number of urea groups is 1. The lowest BCUT2D eigenvalue weighted by Crippen LogP contribution is -2.56. The molecule has 1 atom stereocenters. The first-order chi connectivity index (χ1) is 13.5. The topological polar surface area (TPSA) is 79.2 Å². The van der Waals surface area contributed by atoms with Crippen LogP contribution in [0.1, 0.15) is 31.4 Å². The smallest absolute Gasteiger partial charge is 0.314 e. The maximum atomic E-state index is 12.5. The molecule has 158 valence electrons. The predicted molar refractivity (Wildman–Crippen MR) is 106 cm³/mol. The number of carbonyl (C=O) groups is 1. The molecule has 28 heavy (non-hydrogen) atoms. The van der Waals surface area contributed by atoms with Crippen molar-refractivity contribution in [1.29, 1.82) is 0 Å². The summed E-state index contributed by atoms with van der Waals surface area (Å²) < 4.78 is 16.7. The van der Waals surface area contributed by atoms with Crippen LogP contribution in [0.3, 0.4) is 0 Å². The van der Waals surface area contributed by atoms with Crippen molar-refractivity contribution in [3.63, 3.8) is 0 Å². The van der Waals surface area contributed by atoms with Crippen molar-refractivity contribution in [3.05, 3.63) is 23.7 Å². The summed E-state index contributed by atoms with van der Waals surface area (Å²) in [6, 6.07) is 3.82. The van der Waals surface area contributed by atoms with E-state index in [1.165, 1.54) is 0 Å². The number of hydrogen-bond acceptors (Lipinski definition) is 6. The van der Waals surface area contributed by atoms with E-state index < -0.39 is 0 Å². The van der Waals surface area contributed by atoms with Crippen molar-refractivity contribution < 1.29 is 18.7 Å². The molecule has 2 aliphatic heterocycles. The molecule has 0 spiro atoms. The second-order valence-corrected chi connectivity index (χ2v) is 8.09. The molecule has 0 saturated carbocycles. The minimum absolute atomic E-state index is 0.00982. The molecular weight excluding hydrogens is 360 g/mol. The molecule has 1 aromatic heterocycles. The van der Waals surface area contributed by atoms with E-state index in [9.17, 15) is 4.79 Å². The number of hydrogen-bond donors (Lipinski definition) is 2. The van der Waals surface area contributed by atoms with Gasteiger partial charge < -0.3 is 24.5 Å². The first kappa shape index (κ1) is 21.1. The molecular formula is C20H34N4O4. The Kier molecular flexibility index (Phi) is 7.34. The summed E-state index contributed by atoms with van der Waals surface area (Å²) in [5, 5.41) is 6.06. The number of nitrogens with zero attached hydrogens (tertiary/aromatic N) is 2. The van der Waals surface area contributed by atoms with Crippen molar-refractivity contribution >= 4 is 6.03 Å². The zero-order chi connectivity index (χ0) is 20.0. The minimum Gasteiger partial charge on any atom is -0.465 e. The maximum absolute atomic E-state index is 12.5. The standard InChI is InChI=1S/C20H34N4O4/c1-16-4-5-18(28-16)17(23-6-10-26-11-7-23)14-21-19(25)22-15-20(2,3)24-8-12-27-13-9-24/h4-5,17H,6-15H2,1-3H3,(H2,21,22,25). The second-order valence-electron chi connectivity index (χ2n) is 8.09. The van der Waals surface area contributed by atoms with Gasteiger partial charge in [0.05, 0.1) is 32.5 Å². The molecule has 0 aliphatic carbocycles. The molecule has 1 unspecified atom stereocenters. The van der Waals surface area contributed by atoms with E-state index >= 15 is 0 Å². The van der Waals surface area contributed by atoms with E-state index in [1.54, 1.807) is 0 Å². The Morgan fingerprint density at radius 1 is 1.07 bits per heavy atom. The normalized spacial score (nSPS) is 20.7. The first-order valence-corrected chi connectivity index (χ1v) is 10.2. The van der Waals surface area contributed by atoms with E-state index in [0.29, 0.717) is 26.3 Å². The number of morpholine rings is 2. The monoisotopic (exact) mass is 394 g/mol. The highest BCUT2D eigenvalue weighted by molar-refractivity contribution is 5.73. The van der Waals surface area contributed by atoms with Crippen LogP contribution in [0.4, 0.5) is 4.79 Å². The van der Waals surface area contributed by atoms with Crippen LogP contribution in [0.5, 0.6) is 0 Å². The molecule has 8 heteroatoms. The van der Waals surface area contributed by atoms with Gasteiger partial charge in [-0.05, 0) is 32.9 Å². The Bertz CT molecular complexity index is 621. The van der Waals surface area contributed by atoms with Crippen molar-refractivity contribution in [2.24, 2.45) is 0 Å². The van der Waals surface area contributed by atoms with Gasteiger partial charge in [-0.1, -0.05) is 0 Å². The van der Waals surface area contributed by atoms with Crippen molar-refractivity contribution in [3.8, 4) is 0 Å². The fraction of sp³-hybridized carbons (Fsp3) is 0.750.